The number of halogens is 1. The predicted molar refractivity (Wildman–Crippen MR) is 124 cm³/mol. The number of hydrogen-bond donors (Lipinski definition) is 0. The van der Waals surface area contributed by atoms with Crippen LogP contribution in [0.15, 0.2) is 74.3 Å². The van der Waals surface area contributed by atoms with E-state index >= 15 is 0 Å². The van der Waals surface area contributed by atoms with Gasteiger partial charge in [-0.15, -0.1) is 0 Å². The van der Waals surface area contributed by atoms with Gasteiger partial charge in [-0.2, -0.15) is 0 Å². The molecule has 0 N–H and O–H groups in total. The van der Waals surface area contributed by atoms with Crippen molar-refractivity contribution in [3.8, 4) is 28.4 Å². The Hall–Kier alpha value is -3.25. The molecule has 0 atom stereocenters. The highest BCUT2D eigenvalue weighted by Gasteiger charge is 2.16. The van der Waals surface area contributed by atoms with Gasteiger partial charge in [0.1, 0.15) is 23.7 Å². The molecule has 5 nitrogen and oxygen atoms in total. The summed E-state index contributed by atoms with van der Waals surface area (Å²) in [7, 11) is 3.14. The Balaban J connectivity index is 1.68. The third-order valence-corrected chi connectivity index (χ3v) is 5.56. The SMILES string of the molecule is COc1ccc(-c2c(C)oc3cc(OCc4ccc(Br)cc4)ccc3c2=O)cc1OC. The lowest BCUT2D eigenvalue weighted by atomic mass is 10.0. The van der Waals surface area contributed by atoms with E-state index in [0.29, 0.717) is 51.7 Å². The molecule has 4 rings (SSSR count). The van der Waals surface area contributed by atoms with Crippen LogP contribution < -0.4 is 19.6 Å². The van der Waals surface area contributed by atoms with Crippen LogP contribution in [0.1, 0.15) is 11.3 Å². The Kier molecular flexibility index (Phi) is 6.00. The fourth-order valence-electron chi connectivity index (χ4n) is 3.45. The Bertz CT molecular complexity index is 1290. The average molecular weight is 481 g/mol. The normalized spacial score (nSPS) is 10.8. The molecule has 0 saturated heterocycles. The summed E-state index contributed by atoms with van der Waals surface area (Å²) in [6, 6.07) is 18.6. The predicted octanol–water partition coefficient (Wildman–Crippen LogP) is 6.13. The molecule has 158 valence electrons. The highest BCUT2D eigenvalue weighted by Crippen LogP contribution is 2.33. The van der Waals surface area contributed by atoms with Gasteiger partial charge >= 0.3 is 0 Å². The Labute approximate surface area is 188 Å². The quantitative estimate of drug-likeness (QED) is 0.332. The molecule has 0 aliphatic carbocycles. The van der Waals surface area contributed by atoms with Crippen LogP contribution in [0.2, 0.25) is 0 Å². The molecule has 0 bridgehead atoms. The molecular weight excluding hydrogens is 460 g/mol. The van der Waals surface area contributed by atoms with Gasteiger partial charge < -0.3 is 18.6 Å². The van der Waals surface area contributed by atoms with E-state index in [2.05, 4.69) is 15.9 Å². The Morgan fingerprint density at radius 1 is 0.903 bits per heavy atom. The summed E-state index contributed by atoms with van der Waals surface area (Å²) in [5, 5.41) is 0.492. The van der Waals surface area contributed by atoms with Crippen molar-refractivity contribution in [2.75, 3.05) is 14.2 Å². The topological polar surface area (TPSA) is 57.9 Å². The van der Waals surface area contributed by atoms with E-state index in [1.165, 1.54) is 0 Å². The van der Waals surface area contributed by atoms with Crippen LogP contribution in [0, 0.1) is 6.92 Å². The largest absolute Gasteiger partial charge is 0.493 e. The summed E-state index contributed by atoms with van der Waals surface area (Å²) in [5.41, 5.74) is 2.63. The van der Waals surface area contributed by atoms with Crippen molar-refractivity contribution in [3.05, 3.63) is 86.7 Å². The maximum absolute atomic E-state index is 13.2. The molecule has 1 heterocycles. The minimum atomic E-state index is -0.106. The van der Waals surface area contributed by atoms with E-state index in [9.17, 15) is 4.79 Å². The zero-order chi connectivity index (χ0) is 22.0. The van der Waals surface area contributed by atoms with Gasteiger partial charge in [0.15, 0.2) is 11.5 Å². The highest BCUT2D eigenvalue weighted by molar-refractivity contribution is 9.10. The van der Waals surface area contributed by atoms with Crippen molar-refractivity contribution in [1.29, 1.82) is 0 Å². The Morgan fingerprint density at radius 3 is 2.35 bits per heavy atom. The van der Waals surface area contributed by atoms with Crippen molar-refractivity contribution >= 4 is 26.9 Å². The van der Waals surface area contributed by atoms with Gasteiger partial charge in [-0.1, -0.05) is 34.1 Å². The van der Waals surface area contributed by atoms with E-state index in [1.807, 2.05) is 30.3 Å². The van der Waals surface area contributed by atoms with Gasteiger partial charge in [0.2, 0.25) is 5.43 Å². The van der Waals surface area contributed by atoms with E-state index in [-0.39, 0.29) is 5.43 Å². The molecule has 31 heavy (non-hydrogen) atoms. The Morgan fingerprint density at radius 2 is 1.65 bits per heavy atom. The number of benzene rings is 3. The van der Waals surface area contributed by atoms with E-state index in [0.717, 1.165) is 10.0 Å². The molecule has 0 aliphatic rings. The second kappa shape index (κ2) is 8.86. The third-order valence-electron chi connectivity index (χ3n) is 5.03. The molecule has 1 aromatic heterocycles. The minimum Gasteiger partial charge on any atom is -0.493 e. The molecule has 0 unspecified atom stereocenters. The summed E-state index contributed by atoms with van der Waals surface area (Å²) in [6.45, 7) is 2.20. The molecule has 0 spiro atoms. The second-order valence-corrected chi connectivity index (χ2v) is 7.92. The number of methoxy groups -OCH3 is 2. The zero-order valence-corrected chi connectivity index (χ0v) is 19.0. The lowest BCUT2D eigenvalue weighted by Crippen LogP contribution is -2.08. The summed E-state index contributed by atoms with van der Waals surface area (Å²) in [4.78, 5) is 13.2. The van der Waals surface area contributed by atoms with Crippen LogP contribution in [0.5, 0.6) is 17.2 Å². The van der Waals surface area contributed by atoms with E-state index in [4.69, 9.17) is 18.6 Å². The summed E-state index contributed by atoms with van der Waals surface area (Å²) < 4.78 is 23.6. The smallest absolute Gasteiger partial charge is 0.200 e. The molecule has 0 saturated carbocycles. The summed E-state index contributed by atoms with van der Waals surface area (Å²) >= 11 is 3.42. The van der Waals surface area contributed by atoms with Crippen LogP contribution in [-0.2, 0) is 6.61 Å². The highest BCUT2D eigenvalue weighted by atomic mass is 79.9. The molecule has 4 aromatic rings. The molecule has 0 radical (unpaired) electrons. The van der Waals surface area contributed by atoms with Crippen molar-refractivity contribution in [2.24, 2.45) is 0 Å². The average Bonchev–Trinajstić information content (AvgIpc) is 2.78. The van der Waals surface area contributed by atoms with Crippen LogP contribution in [-0.4, -0.2) is 14.2 Å². The molecular formula is C25H21BrO5. The van der Waals surface area contributed by atoms with Crippen LogP contribution in [0.25, 0.3) is 22.1 Å². The number of ether oxygens (including phenoxy) is 3. The lowest BCUT2D eigenvalue weighted by Gasteiger charge is -2.12. The first kappa shape index (κ1) is 21.0. The number of aryl methyl sites for hydroxylation is 1. The monoisotopic (exact) mass is 480 g/mol. The first-order valence-electron chi connectivity index (χ1n) is 9.67. The fourth-order valence-corrected chi connectivity index (χ4v) is 3.71. The molecule has 3 aromatic carbocycles. The summed E-state index contributed by atoms with van der Waals surface area (Å²) in [5.74, 6) is 2.31. The molecule has 0 amide bonds. The van der Waals surface area contributed by atoms with Gasteiger partial charge in [0, 0.05) is 10.5 Å². The first-order valence-corrected chi connectivity index (χ1v) is 10.5. The van der Waals surface area contributed by atoms with E-state index in [1.54, 1.807) is 51.5 Å². The number of hydrogen-bond acceptors (Lipinski definition) is 5. The number of fused-ring (bicyclic) bond motifs is 1. The first-order chi connectivity index (χ1) is 15.0. The maximum atomic E-state index is 13.2. The fraction of sp³-hybridized carbons (Fsp3) is 0.160. The van der Waals surface area contributed by atoms with Gasteiger partial charge in [0.25, 0.3) is 0 Å². The van der Waals surface area contributed by atoms with Crippen molar-refractivity contribution in [3.63, 3.8) is 0 Å². The van der Waals surface area contributed by atoms with Gasteiger partial charge in [-0.3, -0.25) is 4.79 Å². The molecule has 6 heteroatoms. The van der Waals surface area contributed by atoms with Crippen molar-refractivity contribution in [2.45, 2.75) is 13.5 Å². The summed E-state index contributed by atoms with van der Waals surface area (Å²) in [6.07, 6.45) is 0. The van der Waals surface area contributed by atoms with Gasteiger partial charge in [-0.25, -0.2) is 0 Å². The van der Waals surface area contributed by atoms with E-state index < -0.39 is 0 Å². The van der Waals surface area contributed by atoms with Crippen LogP contribution >= 0.6 is 15.9 Å². The standard InChI is InChI=1S/C25H21BrO5/c1-15-24(17-6-11-21(28-2)23(12-17)29-3)25(27)20-10-9-19(13-22(20)31-15)30-14-16-4-7-18(26)8-5-16/h4-13H,14H2,1-3H3. The van der Waals surface area contributed by atoms with Crippen LogP contribution in [0.3, 0.4) is 0 Å². The number of rotatable bonds is 6. The van der Waals surface area contributed by atoms with Crippen molar-refractivity contribution in [1.82, 2.24) is 0 Å². The van der Waals surface area contributed by atoms with Crippen LogP contribution in [0.4, 0.5) is 0 Å². The lowest BCUT2D eigenvalue weighted by molar-refractivity contribution is 0.306. The van der Waals surface area contributed by atoms with Crippen molar-refractivity contribution < 1.29 is 18.6 Å². The molecule has 0 fully saturated rings. The molecule has 0 aliphatic heterocycles. The zero-order valence-electron chi connectivity index (χ0n) is 17.4. The maximum Gasteiger partial charge on any atom is 0.200 e. The van der Waals surface area contributed by atoms with Gasteiger partial charge in [-0.05, 0) is 54.4 Å². The second-order valence-electron chi connectivity index (χ2n) is 7.01. The third kappa shape index (κ3) is 4.30. The van der Waals surface area contributed by atoms with Gasteiger partial charge in [0.05, 0.1) is 25.2 Å². The minimum absolute atomic E-state index is 0.106.